The van der Waals surface area contributed by atoms with E-state index in [0.717, 1.165) is 37.8 Å². The van der Waals surface area contributed by atoms with Gasteiger partial charge in [0.05, 0.1) is 0 Å². The van der Waals surface area contributed by atoms with E-state index >= 15 is 0 Å². The zero-order valence-electron chi connectivity index (χ0n) is 12.2. The average Bonchev–Trinajstić information content (AvgIpc) is 2.90. The highest BCUT2D eigenvalue weighted by atomic mass is 19.1. The lowest BCUT2D eigenvalue weighted by molar-refractivity contribution is 0.0689. The van der Waals surface area contributed by atoms with Crippen LogP contribution in [0.25, 0.3) is 0 Å². The molecule has 1 saturated carbocycles. The van der Waals surface area contributed by atoms with Crippen molar-refractivity contribution in [2.24, 2.45) is 5.92 Å². The second-order valence-corrected chi connectivity index (χ2v) is 5.96. The molecule has 2 atom stereocenters. The fraction of sp³-hybridized carbons (Fsp3) is 0.562. The number of likely N-dealkylation sites (tertiary alicyclic amines) is 1. The maximum Gasteiger partial charge on any atom is 0.254 e. The third kappa shape index (κ3) is 2.49. The number of fused-ring (bicyclic) bond motifs is 1. The maximum atomic E-state index is 13.8. The first kappa shape index (κ1) is 14.3. The van der Waals surface area contributed by atoms with Gasteiger partial charge < -0.3 is 10.2 Å². The van der Waals surface area contributed by atoms with Gasteiger partial charge in [-0.05, 0) is 37.3 Å². The van der Waals surface area contributed by atoms with Crippen molar-refractivity contribution in [2.75, 3.05) is 18.9 Å². The molecule has 21 heavy (non-hydrogen) atoms. The molecule has 2 aliphatic rings. The number of anilines is 1. The number of carbonyl (C=O) groups is 1. The van der Waals surface area contributed by atoms with Crippen LogP contribution in [0.4, 0.5) is 14.5 Å². The smallest absolute Gasteiger partial charge is 0.254 e. The van der Waals surface area contributed by atoms with E-state index in [2.05, 4.69) is 5.32 Å². The van der Waals surface area contributed by atoms with Crippen molar-refractivity contribution in [1.29, 1.82) is 0 Å². The normalized spacial score (nSPS) is 24.8. The molecular formula is C16H20F2N2O. The zero-order chi connectivity index (χ0) is 15.0. The number of nitrogens with zero attached hydrogens (tertiary/aromatic N) is 1. The Morgan fingerprint density at radius 1 is 1.19 bits per heavy atom. The van der Waals surface area contributed by atoms with Crippen molar-refractivity contribution in [3.8, 4) is 0 Å². The molecule has 0 aromatic heterocycles. The van der Waals surface area contributed by atoms with Gasteiger partial charge in [-0.15, -0.1) is 0 Å². The summed E-state index contributed by atoms with van der Waals surface area (Å²) in [6.45, 7) is 0.700. The van der Waals surface area contributed by atoms with Crippen LogP contribution in [0, 0.1) is 17.6 Å². The predicted molar refractivity (Wildman–Crippen MR) is 77.3 cm³/mol. The molecule has 3 rings (SSSR count). The van der Waals surface area contributed by atoms with Crippen molar-refractivity contribution < 1.29 is 13.6 Å². The lowest BCUT2D eigenvalue weighted by Gasteiger charge is -2.31. The van der Waals surface area contributed by atoms with Crippen LogP contribution >= 0.6 is 0 Å². The topological polar surface area (TPSA) is 32.3 Å². The fourth-order valence-corrected chi connectivity index (χ4v) is 3.76. The van der Waals surface area contributed by atoms with E-state index in [9.17, 15) is 13.6 Å². The molecule has 1 N–H and O–H groups in total. The third-order valence-electron chi connectivity index (χ3n) is 4.81. The molecule has 2 fully saturated rings. The van der Waals surface area contributed by atoms with Crippen LogP contribution in [-0.4, -0.2) is 30.4 Å². The monoisotopic (exact) mass is 294 g/mol. The van der Waals surface area contributed by atoms with Crippen LogP contribution < -0.4 is 5.32 Å². The minimum atomic E-state index is -0.722. The van der Waals surface area contributed by atoms with Crippen molar-refractivity contribution in [1.82, 2.24) is 4.90 Å². The van der Waals surface area contributed by atoms with E-state index < -0.39 is 11.6 Å². The van der Waals surface area contributed by atoms with Crippen LogP contribution in [0.5, 0.6) is 0 Å². The summed E-state index contributed by atoms with van der Waals surface area (Å²) in [7, 11) is 1.45. The summed E-state index contributed by atoms with van der Waals surface area (Å²) >= 11 is 0. The number of carbonyl (C=O) groups excluding carboxylic acids is 1. The van der Waals surface area contributed by atoms with E-state index in [1.54, 1.807) is 0 Å². The van der Waals surface area contributed by atoms with E-state index in [0.29, 0.717) is 12.5 Å². The van der Waals surface area contributed by atoms with Gasteiger partial charge in [-0.1, -0.05) is 12.8 Å². The molecule has 0 radical (unpaired) electrons. The number of amides is 1. The SMILES string of the molecule is CNc1c(F)cc(C(=O)N2CCC3CCCCC32)cc1F. The standard InChI is InChI=1S/C16H20F2N2O/c1-19-15-12(17)8-11(9-13(15)18)16(21)20-7-6-10-4-2-3-5-14(10)20/h8-10,14,19H,2-7H2,1H3. The van der Waals surface area contributed by atoms with Gasteiger partial charge in [0.2, 0.25) is 0 Å². The molecule has 1 aromatic rings. The average molecular weight is 294 g/mol. The Morgan fingerprint density at radius 3 is 2.52 bits per heavy atom. The molecule has 1 heterocycles. The molecule has 1 saturated heterocycles. The molecule has 1 aromatic carbocycles. The van der Waals surface area contributed by atoms with Gasteiger partial charge in [0.1, 0.15) is 17.3 Å². The number of rotatable bonds is 2. The van der Waals surface area contributed by atoms with Gasteiger partial charge in [-0.25, -0.2) is 8.78 Å². The molecule has 0 bridgehead atoms. The summed E-state index contributed by atoms with van der Waals surface area (Å²) in [4.78, 5) is 14.4. The molecule has 1 amide bonds. The first-order chi connectivity index (χ1) is 10.1. The van der Waals surface area contributed by atoms with Crippen LogP contribution in [0.3, 0.4) is 0 Å². The summed E-state index contributed by atoms with van der Waals surface area (Å²) in [6.07, 6.45) is 5.54. The van der Waals surface area contributed by atoms with Gasteiger partial charge in [-0.2, -0.15) is 0 Å². The Labute approximate surface area is 123 Å². The number of hydrogen-bond acceptors (Lipinski definition) is 2. The van der Waals surface area contributed by atoms with Crippen molar-refractivity contribution in [2.45, 2.75) is 38.1 Å². The highest BCUT2D eigenvalue weighted by Gasteiger charge is 2.38. The molecule has 1 aliphatic heterocycles. The number of hydrogen-bond donors (Lipinski definition) is 1. The van der Waals surface area contributed by atoms with Crippen LogP contribution in [0.2, 0.25) is 0 Å². The quantitative estimate of drug-likeness (QED) is 0.906. The minimum absolute atomic E-state index is 0.107. The molecule has 2 unspecified atom stereocenters. The second-order valence-electron chi connectivity index (χ2n) is 5.96. The first-order valence-electron chi connectivity index (χ1n) is 7.59. The first-order valence-corrected chi connectivity index (χ1v) is 7.59. The van der Waals surface area contributed by atoms with Gasteiger partial charge in [-0.3, -0.25) is 4.79 Å². The minimum Gasteiger partial charge on any atom is -0.383 e. The Bertz CT molecular complexity index is 538. The van der Waals surface area contributed by atoms with Crippen LogP contribution in [0.1, 0.15) is 42.5 Å². The molecule has 1 aliphatic carbocycles. The van der Waals surface area contributed by atoms with Gasteiger partial charge in [0.25, 0.3) is 5.91 Å². The van der Waals surface area contributed by atoms with E-state index in [4.69, 9.17) is 0 Å². The molecule has 0 spiro atoms. The maximum absolute atomic E-state index is 13.8. The van der Waals surface area contributed by atoms with E-state index in [1.165, 1.54) is 13.5 Å². The molecule has 3 nitrogen and oxygen atoms in total. The zero-order valence-corrected chi connectivity index (χ0v) is 12.2. The highest BCUT2D eigenvalue weighted by molar-refractivity contribution is 5.95. The summed E-state index contributed by atoms with van der Waals surface area (Å²) in [5.74, 6) is -1.13. The summed E-state index contributed by atoms with van der Waals surface area (Å²) < 4.78 is 27.6. The number of nitrogens with one attached hydrogen (secondary N) is 1. The van der Waals surface area contributed by atoms with Gasteiger partial charge in [0, 0.05) is 25.2 Å². The Kier molecular flexibility index (Phi) is 3.83. The Morgan fingerprint density at radius 2 is 1.86 bits per heavy atom. The number of benzene rings is 1. The largest absolute Gasteiger partial charge is 0.383 e. The summed E-state index contributed by atoms with van der Waals surface area (Å²) in [5.41, 5.74) is -0.0845. The van der Waals surface area contributed by atoms with Crippen molar-refractivity contribution >= 4 is 11.6 Å². The van der Waals surface area contributed by atoms with Crippen LogP contribution in [0.15, 0.2) is 12.1 Å². The lowest BCUT2D eigenvalue weighted by atomic mass is 9.85. The van der Waals surface area contributed by atoms with Gasteiger partial charge in [0.15, 0.2) is 0 Å². The highest BCUT2D eigenvalue weighted by Crippen LogP contribution is 2.37. The fourth-order valence-electron chi connectivity index (χ4n) is 3.76. The Hall–Kier alpha value is -1.65. The van der Waals surface area contributed by atoms with Crippen LogP contribution in [-0.2, 0) is 0 Å². The van der Waals surface area contributed by atoms with E-state index in [1.807, 2.05) is 4.90 Å². The van der Waals surface area contributed by atoms with Crippen molar-refractivity contribution in [3.63, 3.8) is 0 Å². The third-order valence-corrected chi connectivity index (χ3v) is 4.81. The van der Waals surface area contributed by atoms with Gasteiger partial charge >= 0.3 is 0 Å². The molecule has 114 valence electrons. The predicted octanol–water partition coefficient (Wildman–Crippen LogP) is 3.41. The van der Waals surface area contributed by atoms with E-state index in [-0.39, 0.29) is 23.2 Å². The summed E-state index contributed by atoms with van der Waals surface area (Å²) in [6, 6.07) is 2.52. The molecular weight excluding hydrogens is 274 g/mol. The lowest BCUT2D eigenvalue weighted by Crippen LogP contribution is -2.39. The van der Waals surface area contributed by atoms with Crippen molar-refractivity contribution in [3.05, 3.63) is 29.3 Å². The summed E-state index contributed by atoms with van der Waals surface area (Å²) in [5, 5.41) is 2.47. The second kappa shape index (κ2) is 5.62. The Balaban J connectivity index is 1.85. The molecule has 5 heteroatoms. The number of halogens is 2.